The number of phenolic OH excluding ortho intramolecular Hbond substituents is 1. The fourth-order valence-electron chi connectivity index (χ4n) is 5.99. The number of fused-ring (bicyclic) bond motifs is 2. The minimum absolute atomic E-state index is 0. The Morgan fingerprint density at radius 1 is 0.854 bits per heavy atom. The van der Waals surface area contributed by atoms with E-state index in [2.05, 4.69) is 39.5 Å². The summed E-state index contributed by atoms with van der Waals surface area (Å²) in [6, 6.07) is 27.5. The molecule has 0 spiro atoms. The molecule has 1 amide bonds. The van der Waals surface area contributed by atoms with Crippen LogP contribution in [-0.4, -0.2) is 47.1 Å². The number of halogens is 1. The number of H-pyrrole nitrogens is 1. The Balaban J connectivity index is 0.00000302. The topological polar surface area (TPSA) is 71.6 Å². The number of phenols is 1. The number of aromatic hydroxyl groups is 1. The minimum Gasteiger partial charge on any atom is -0.508 e. The van der Waals surface area contributed by atoms with Gasteiger partial charge in [0.15, 0.2) is 0 Å². The maximum Gasteiger partial charge on any atom is 0.255 e. The predicted octanol–water partition coefficient (Wildman–Crippen LogP) is 5.95. The zero-order valence-electron chi connectivity index (χ0n) is 22.4. The van der Waals surface area contributed by atoms with Gasteiger partial charge in [-0.25, -0.2) is 4.39 Å². The van der Waals surface area contributed by atoms with Crippen molar-refractivity contribution < 1.29 is 14.3 Å². The Morgan fingerprint density at radius 3 is 2.39 bits per heavy atom. The minimum atomic E-state index is -0.690. The number of anilines is 1. The van der Waals surface area contributed by atoms with Crippen molar-refractivity contribution in [2.24, 2.45) is 0 Å². The number of para-hydroxylation sites is 1. The van der Waals surface area contributed by atoms with E-state index >= 15 is 0 Å². The fraction of sp³-hybridized carbons (Fsp3) is 0.182. The number of hydrogen-bond donors (Lipinski definition) is 3. The van der Waals surface area contributed by atoms with E-state index < -0.39 is 11.9 Å². The van der Waals surface area contributed by atoms with Gasteiger partial charge >= 0.3 is 0 Å². The van der Waals surface area contributed by atoms with Crippen LogP contribution >= 0.6 is 13.5 Å². The van der Waals surface area contributed by atoms with Crippen LogP contribution in [0.2, 0.25) is 0 Å². The van der Waals surface area contributed by atoms with E-state index in [9.17, 15) is 14.3 Å². The van der Waals surface area contributed by atoms with Crippen LogP contribution in [0.1, 0.15) is 33.2 Å². The second kappa shape index (κ2) is 11.0. The number of nitrogens with one attached hydrogen (secondary N) is 2. The van der Waals surface area contributed by atoms with Crippen LogP contribution in [0.25, 0.3) is 22.0 Å². The van der Waals surface area contributed by atoms with Crippen molar-refractivity contribution in [2.45, 2.75) is 12.6 Å². The van der Waals surface area contributed by atoms with Gasteiger partial charge in [0, 0.05) is 60.7 Å². The summed E-state index contributed by atoms with van der Waals surface area (Å²) in [6.45, 7) is 4.30. The van der Waals surface area contributed by atoms with E-state index in [1.807, 2.05) is 48.5 Å². The number of piperazine rings is 1. The van der Waals surface area contributed by atoms with Crippen LogP contribution in [0, 0.1) is 5.82 Å². The number of aromatic nitrogens is 1. The molecule has 7 rings (SSSR count). The van der Waals surface area contributed by atoms with Crippen molar-refractivity contribution in [1.29, 1.82) is 0 Å². The molecule has 6 nitrogen and oxygen atoms in total. The molecule has 41 heavy (non-hydrogen) atoms. The quantitative estimate of drug-likeness (QED) is 0.246. The summed E-state index contributed by atoms with van der Waals surface area (Å²) >= 11 is 0. The molecule has 2 aliphatic heterocycles. The Hall–Kier alpha value is -4.27. The maximum atomic E-state index is 14.4. The summed E-state index contributed by atoms with van der Waals surface area (Å²) in [5.41, 5.74) is 6.71. The number of aromatic amines is 1. The number of amides is 1. The lowest BCUT2D eigenvalue weighted by atomic mass is 10.00. The molecule has 208 valence electrons. The molecule has 0 radical (unpaired) electrons. The van der Waals surface area contributed by atoms with Crippen LogP contribution < -0.4 is 10.2 Å². The van der Waals surface area contributed by atoms with E-state index in [4.69, 9.17) is 0 Å². The van der Waals surface area contributed by atoms with Crippen LogP contribution in [0.5, 0.6) is 5.75 Å². The van der Waals surface area contributed by atoms with Gasteiger partial charge in [-0.15, -0.1) is 0 Å². The SMILES string of the molecule is O=C1c2cc(-c3ccc(N4CCNCC4)cc3)ccc2CN1[C@H](c1cc2ccccc2[nH]1)c1cc(F)ccc1O.S. The summed E-state index contributed by atoms with van der Waals surface area (Å²) in [7, 11) is 0. The van der Waals surface area contributed by atoms with E-state index in [0.29, 0.717) is 23.4 Å². The maximum absolute atomic E-state index is 14.4. The van der Waals surface area contributed by atoms with Crippen molar-refractivity contribution in [3.05, 3.63) is 119 Å². The first-order valence-electron chi connectivity index (χ1n) is 13.6. The van der Waals surface area contributed by atoms with Gasteiger partial charge in [-0.1, -0.05) is 42.5 Å². The molecular formula is C33H31FN4O2S. The first-order chi connectivity index (χ1) is 19.5. The molecule has 0 saturated carbocycles. The third-order valence-corrected chi connectivity index (χ3v) is 8.07. The normalized spacial score (nSPS) is 15.6. The number of nitrogens with zero attached hydrogens (tertiary/aromatic N) is 2. The first-order valence-corrected chi connectivity index (χ1v) is 13.6. The van der Waals surface area contributed by atoms with E-state index in [1.54, 1.807) is 4.90 Å². The summed E-state index contributed by atoms with van der Waals surface area (Å²) < 4.78 is 14.4. The summed E-state index contributed by atoms with van der Waals surface area (Å²) in [4.78, 5) is 21.4. The number of carbonyl (C=O) groups excluding carboxylic acids is 1. The van der Waals surface area contributed by atoms with Gasteiger partial charge in [-0.2, -0.15) is 13.5 Å². The fourth-order valence-corrected chi connectivity index (χ4v) is 5.99. The Kier molecular flexibility index (Phi) is 7.19. The van der Waals surface area contributed by atoms with Crippen molar-refractivity contribution in [3.8, 4) is 16.9 Å². The zero-order valence-corrected chi connectivity index (χ0v) is 23.4. The molecule has 2 aliphatic rings. The van der Waals surface area contributed by atoms with Crippen LogP contribution in [-0.2, 0) is 6.54 Å². The molecule has 1 fully saturated rings. The molecule has 0 bridgehead atoms. The zero-order chi connectivity index (χ0) is 27.2. The lowest BCUT2D eigenvalue weighted by Crippen LogP contribution is -2.43. The van der Waals surface area contributed by atoms with Gasteiger partial charge < -0.3 is 25.2 Å². The summed E-state index contributed by atoms with van der Waals surface area (Å²) in [5, 5.41) is 15.2. The molecule has 3 heterocycles. The second-order valence-corrected chi connectivity index (χ2v) is 10.5. The van der Waals surface area contributed by atoms with Crippen molar-refractivity contribution in [3.63, 3.8) is 0 Å². The van der Waals surface area contributed by atoms with Gasteiger partial charge in [-0.3, -0.25) is 4.79 Å². The van der Waals surface area contributed by atoms with Gasteiger partial charge in [0.25, 0.3) is 5.91 Å². The van der Waals surface area contributed by atoms with Crippen LogP contribution in [0.15, 0.2) is 91.0 Å². The third-order valence-electron chi connectivity index (χ3n) is 8.07. The Bertz CT molecular complexity index is 1700. The van der Waals surface area contributed by atoms with Gasteiger partial charge in [0.2, 0.25) is 0 Å². The third kappa shape index (κ3) is 4.94. The average molecular weight is 567 g/mol. The summed E-state index contributed by atoms with van der Waals surface area (Å²) in [6.07, 6.45) is 0. The molecule has 4 aromatic carbocycles. The van der Waals surface area contributed by atoms with Gasteiger partial charge in [0.1, 0.15) is 17.6 Å². The van der Waals surface area contributed by atoms with Crippen molar-refractivity contribution in [1.82, 2.24) is 15.2 Å². The number of rotatable bonds is 5. The molecule has 0 aliphatic carbocycles. The smallest absolute Gasteiger partial charge is 0.255 e. The Morgan fingerprint density at radius 2 is 1.61 bits per heavy atom. The number of hydrogen-bond acceptors (Lipinski definition) is 4. The molecule has 5 aromatic rings. The highest BCUT2D eigenvalue weighted by Gasteiger charge is 2.37. The lowest BCUT2D eigenvalue weighted by molar-refractivity contribution is 0.0726. The monoisotopic (exact) mass is 566 g/mol. The molecule has 1 aromatic heterocycles. The predicted molar refractivity (Wildman–Crippen MR) is 165 cm³/mol. The van der Waals surface area contributed by atoms with Crippen LogP contribution in [0.3, 0.4) is 0 Å². The number of carbonyl (C=O) groups is 1. The lowest BCUT2D eigenvalue weighted by Gasteiger charge is -2.29. The molecule has 3 N–H and O–H groups in total. The standard InChI is InChI=1S/C33H29FN4O2.H2S/c34-25-9-12-31(39)28(19-25)32(30-18-23-3-1-2-4-29(23)36-30)38-20-24-6-5-22(17-27(24)33(38)40)21-7-10-26(11-8-21)37-15-13-35-14-16-37;/h1-12,17-19,32,35-36,39H,13-16,20H2;1H2/t32-;/m0./s1. The van der Waals surface area contributed by atoms with E-state index in [0.717, 1.165) is 53.8 Å². The van der Waals surface area contributed by atoms with E-state index in [-0.39, 0.29) is 25.2 Å². The second-order valence-electron chi connectivity index (χ2n) is 10.5. The number of benzene rings is 4. The van der Waals surface area contributed by atoms with Gasteiger partial charge in [-0.05, 0) is 70.6 Å². The molecule has 1 saturated heterocycles. The molecule has 0 unspecified atom stereocenters. The van der Waals surface area contributed by atoms with Gasteiger partial charge in [0.05, 0.1) is 0 Å². The van der Waals surface area contributed by atoms with Crippen molar-refractivity contribution >= 4 is 36.0 Å². The largest absolute Gasteiger partial charge is 0.508 e. The molecule has 1 atom stereocenters. The van der Waals surface area contributed by atoms with E-state index in [1.165, 1.54) is 23.9 Å². The highest BCUT2D eigenvalue weighted by atomic mass is 32.1. The molecule has 8 heteroatoms. The summed E-state index contributed by atoms with van der Waals surface area (Å²) in [5.74, 6) is -0.676. The highest BCUT2D eigenvalue weighted by Crippen LogP contribution is 2.41. The Labute approximate surface area is 244 Å². The molecular weight excluding hydrogens is 535 g/mol. The highest BCUT2D eigenvalue weighted by molar-refractivity contribution is 7.59. The first kappa shape index (κ1) is 26.9. The average Bonchev–Trinajstić information content (AvgIpc) is 3.56. The van der Waals surface area contributed by atoms with Crippen molar-refractivity contribution in [2.75, 3.05) is 31.1 Å². The van der Waals surface area contributed by atoms with Crippen LogP contribution in [0.4, 0.5) is 10.1 Å².